The van der Waals surface area contributed by atoms with Gasteiger partial charge in [-0.05, 0) is 38.1 Å². The van der Waals surface area contributed by atoms with E-state index in [0.717, 1.165) is 18.9 Å². The quantitative estimate of drug-likeness (QED) is 0.582. The highest BCUT2D eigenvalue weighted by Gasteiger charge is 2.13. The Balaban J connectivity index is 2.29. The molecule has 1 heteroatoms. The second-order valence-electron chi connectivity index (χ2n) is 3.29. The van der Waals surface area contributed by atoms with Gasteiger partial charge in [0.1, 0.15) is 0 Å². The lowest BCUT2D eigenvalue weighted by molar-refractivity contribution is 0.620. The lowest BCUT2D eigenvalue weighted by atomic mass is 10.1. The molecular weight excluding hydrogens is 122 g/mol. The summed E-state index contributed by atoms with van der Waals surface area (Å²) in [7, 11) is 0. The molecule has 0 heterocycles. The maximum Gasteiger partial charge on any atom is -0.00425 e. The Hall–Kier alpha value is -0.300. The molecular formula is C9H17N. The van der Waals surface area contributed by atoms with E-state index in [1.54, 1.807) is 5.57 Å². The third-order valence-corrected chi connectivity index (χ3v) is 2.17. The van der Waals surface area contributed by atoms with E-state index in [1.165, 1.54) is 19.3 Å². The number of allylic oxidation sites excluding steroid dienone is 1. The normalized spacial score (nSPS) is 29.8. The Morgan fingerprint density at radius 2 is 2.50 bits per heavy atom. The first-order valence-electron chi connectivity index (χ1n) is 4.21. The Labute approximate surface area is 63.3 Å². The maximum absolute atomic E-state index is 5.40. The van der Waals surface area contributed by atoms with Crippen LogP contribution in [0.5, 0.6) is 0 Å². The van der Waals surface area contributed by atoms with E-state index in [0.29, 0.717) is 0 Å². The fourth-order valence-electron chi connectivity index (χ4n) is 1.56. The lowest BCUT2D eigenvalue weighted by Crippen LogP contribution is -1.95. The summed E-state index contributed by atoms with van der Waals surface area (Å²) in [5.74, 6) is 0.920. The second-order valence-corrected chi connectivity index (χ2v) is 3.29. The van der Waals surface area contributed by atoms with Crippen molar-refractivity contribution in [2.75, 3.05) is 6.54 Å². The molecule has 0 aromatic heterocycles. The summed E-state index contributed by atoms with van der Waals surface area (Å²) in [6, 6.07) is 0. The summed E-state index contributed by atoms with van der Waals surface area (Å²) in [5.41, 5.74) is 7.03. The highest BCUT2D eigenvalue weighted by molar-refractivity contribution is 5.07. The van der Waals surface area contributed by atoms with Crippen molar-refractivity contribution in [3.8, 4) is 0 Å². The highest BCUT2D eigenvalue weighted by Crippen LogP contribution is 2.29. The first-order chi connectivity index (χ1) is 4.83. The van der Waals surface area contributed by atoms with Crippen LogP contribution < -0.4 is 5.73 Å². The number of hydrogen-bond donors (Lipinski definition) is 1. The van der Waals surface area contributed by atoms with Crippen LogP contribution in [0.15, 0.2) is 11.6 Å². The molecule has 10 heavy (non-hydrogen) atoms. The molecule has 0 aromatic rings. The van der Waals surface area contributed by atoms with Gasteiger partial charge in [-0.1, -0.05) is 18.6 Å². The molecule has 0 amide bonds. The van der Waals surface area contributed by atoms with E-state index in [-0.39, 0.29) is 0 Å². The van der Waals surface area contributed by atoms with Crippen LogP contribution in [0.2, 0.25) is 0 Å². The third-order valence-electron chi connectivity index (χ3n) is 2.17. The smallest absolute Gasteiger partial charge is 0.00425 e. The van der Waals surface area contributed by atoms with Crippen LogP contribution in [0.4, 0.5) is 0 Å². The molecule has 1 rings (SSSR count). The largest absolute Gasteiger partial charge is 0.330 e. The summed E-state index contributed by atoms with van der Waals surface area (Å²) in [4.78, 5) is 0. The van der Waals surface area contributed by atoms with E-state index >= 15 is 0 Å². The third kappa shape index (κ3) is 2.14. The van der Waals surface area contributed by atoms with Gasteiger partial charge in [0.2, 0.25) is 0 Å². The predicted octanol–water partition coefficient (Wildman–Crippen LogP) is 2.08. The Morgan fingerprint density at radius 1 is 1.70 bits per heavy atom. The molecule has 1 saturated carbocycles. The van der Waals surface area contributed by atoms with Crippen molar-refractivity contribution in [3.63, 3.8) is 0 Å². The SMILES string of the molecule is CC1CCC(=CCCN)C1. The van der Waals surface area contributed by atoms with Gasteiger partial charge in [0.15, 0.2) is 0 Å². The number of nitrogens with two attached hydrogens (primary N) is 1. The van der Waals surface area contributed by atoms with Crippen LogP contribution in [-0.4, -0.2) is 6.54 Å². The van der Waals surface area contributed by atoms with Gasteiger partial charge < -0.3 is 5.73 Å². The minimum atomic E-state index is 0.803. The summed E-state index contributed by atoms with van der Waals surface area (Å²) in [6.07, 6.45) is 7.42. The van der Waals surface area contributed by atoms with Crippen LogP contribution in [-0.2, 0) is 0 Å². The molecule has 1 fully saturated rings. The van der Waals surface area contributed by atoms with Gasteiger partial charge in [0.25, 0.3) is 0 Å². The van der Waals surface area contributed by atoms with Gasteiger partial charge >= 0.3 is 0 Å². The highest BCUT2D eigenvalue weighted by atomic mass is 14.5. The standard InChI is InChI=1S/C9H17N/c1-8-4-5-9(7-8)3-2-6-10/h3,8H,2,4-7,10H2,1H3. The fourth-order valence-corrected chi connectivity index (χ4v) is 1.56. The summed E-state index contributed by atoms with van der Waals surface area (Å²) in [6.45, 7) is 3.13. The van der Waals surface area contributed by atoms with Crippen LogP contribution >= 0.6 is 0 Å². The molecule has 1 aliphatic rings. The van der Waals surface area contributed by atoms with Crippen LogP contribution in [0, 0.1) is 5.92 Å². The molecule has 0 spiro atoms. The van der Waals surface area contributed by atoms with Crippen LogP contribution in [0.3, 0.4) is 0 Å². The molecule has 0 saturated heterocycles. The first kappa shape index (κ1) is 7.80. The molecule has 0 bridgehead atoms. The lowest BCUT2D eigenvalue weighted by Gasteiger charge is -1.95. The second kappa shape index (κ2) is 3.77. The zero-order valence-electron chi connectivity index (χ0n) is 6.77. The van der Waals surface area contributed by atoms with Crippen molar-refractivity contribution in [1.29, 1.82) is 0 Å². The monoisotopic (exact) mass is 139 g/mol. The fraction of sp³-hybridized carbons (Fsp3) is 0.778. The van der Waals surface area contributed by atoms with E-state index in [1.807, 2.05) is 0 Å². The van der Waals surface area contributed by atoms with Gasteiger partial charge in [-0.3, -0.25) is 0 Å². The minimum Gasteiger partial charge on any atom is -0.330 e. The van der Waals surface area contributed by atoms with Crippen molar-refractivity contribution in [3.05, 3.63) is 11.6 Å². The van der Waals surface area contributed by atoms with Crippen LogP contribution in [0.25, 0.3) is 0 Å². The minimum absolute atomic E-state index is 0.803. The van der Waals surface area contributed by atoms with Gasteiger partial charge in [-0.15, -0.1) is 0 Å². The predicted molar refractivity (Wildman–Crippen MR) is 44.8 cm³/mol. The summed E-state index contributed by atoms with van der Waals surface area (Å²) < 4.78 is 0. The molecule has 0 aliphatic heterocycles. The van der Waals surface area contributed by atoms with E-state index in [2.05, 4.69) is 13.0 Å². The average Bonchev–Trinajstić information content (AvgIpc) is 2.31. The maximum atomic E-state index is 5.40. The van der Waals surface area contributed by atoms with Gasteiger partial charge in [0, 0.05) is 0 Å². The molecule has 0 radical (unpaired) electrons. The first-order valence-corrected chi connectivity index (χ1v) is 4.21. The van der Waals surface area contributed by atoms with Crippen molar-refractivity contribution >= 4 is 0 Å². The molecule has 1 atom stereocenters. The van der Waals surface area contributed by atoms with Gasteiger partial charge in [0.05, 0.1) is 0 Å². The van der Waals surface area contributed by atoms with Crippen molar-refractivity contribution in [2.45, 2.75) is 32.6 Å². The van der Waals surface area contributed by atoms with Crippen molar-refractivity contribution in [1.82, 2.24) is 0 Å². The number of hydrogen-bond acceptors (Lipinski definition) is 1. The van der Waals surface area contributed by atoms with E-state index < -0.39 is 0 Å². The zero-order valence-corrected chi connectivity index (χ0v) is 6.77. The molecule has 1 nitrogen and oxygen atoms in total. The molecule has 1 unspecified atom stereocenters. The van der Waals surface area contributed by atoms with Gasteiger partial charge in [-0.25, -0.2) is 0 Å². The number of rotatable bonds is 2. The van der Waals surface area contributed by atoms with E-state index in [9.17, 15) is 0 Å². The van der Waals surface area contributed by atoms with Crippen molar-refractivity contribution < 1.29 is 0 Å². The van der Waals surface area contributed by atoms with Crippen LogP contribution in [0.1, 0.15) is 32.6 Å². The molecule has 58 valence electrons. The topological polar surface area (TPSA) is 26.0 Å². The average molecular weight is 139 g/mol. The Morgan fingerprint density at radius 3 is 3.00 bits per heavy atom. The molecule has 0 aromatic carbocycles. The summed E-state index contributed by atoms with van der Waals surface area (Å²) >= 11 is 0. The molecule has 2 N–H and O–H groups in total. The van der Waals surface area contributed by atoms with Crippen molar-refractivity contribution in [2.24, 2.45) is 11.7 Å². The van der Waals surface area contributed by atoms with Gasteiger partial charge in [-0.2, -0.15) is 0 Å². The zero-order chi connectivity index (χ0) is 7.40. The Bertz CT molecular complexity index is 127. The molecule has 1 aliphatic carbocycles. The summed E-state index contributed by atoms with van der Waals surface area (Å²) in [5, 5.41) is 0. The van der Waals surface area contributed by atoms with E-state index in [4.69, 9.17) is 5.73 Å². The Kier molecular flexibility index (Phi) is 2.94.